The molecule has 0 fully saturated rings. The van der Waals surface area contributed by atoms with E-state index in [1.807, 2.05) is 18.2 Å². The molecule has 1 rings (SSSR count). The molecule has 0 aliphatic heterocycles. The fourth-order valence-electron chi connectivity index (χ4n) is 1.68. The molecule has 106 valence electrons. The molecule has 0 heterocycles. The zero-order valence-corrected chi connectivity index (χ0v) is 14.5. The fraction of sp³-hybridized carbons (Fsp3) is 0.267. The maximum Gasteiger partial charge on any atom is 0.163 e. The van der Waals surface area contributed by atoms with Crippen LogP contribution >= 0.6 is 31.9 Å². The van der Waals surface area contributed by atoms with Crippen molar-refractivity contribution >= 4 is 37.5 Å². The first-order valence-electron chi connectivity index (χ1n) is 6.26. The van der Waals surface area contributed by atoms with Crippen molar-refractivity contribution in [1.29, 1.82) is 15.8 Å². The highest BCUT2D eigenvalue weighted by molar-refractivity contribution is 9.11. The quantitative estimate of drug-likeness (QED) is 0.711. The van der Waals surface area contributed by atoms with Crippen molar-refractivity contribution in [3.05, 3.63) is 37.9 Å². The minimum atomic E-state index is -0.244. The summed E-state index contributed by atoms with van der Waals surface area (Å²) >= 11 is 6.90. The Balaban J connectivity index is 3.17. The van der Waals surface area contributed by atoms with E-state index in [4.69, 9.17) is 15.8 Å². The second kappa shape index (κ2) is 8.47. The van der Waals surface area contributed by atoms with Crippen molar-refractivity contribution in [3.63, 3.8) is 0 Å². The summed E-state index contributed by atoms with van der Waals surface area (Å²) in [5.74, 6) is 0. The minimum Gasteiger partial charge on any atom is -0.343 e. The number of unbranched alkanes of at least 4 members (excludes halogenated alkanes) is 1. The first-order chi connectivity index (χ1) is 10.1. The molecular formula is C15H12Br2N4. The van der Waals surface area contributed by atoms with Crippen LogP contribution in [-0.2, 0) is 6.42 Å². The molecule has 0 saturated carbocycles. The first-order valence-corrected chi connectivity index (χ1v) is 7.85. The van der Waals surface area contributed by atoms with E-state index in [1.54, 1.807) is 12.1 Å². The third-order valence-corrected chi connectivity index (χ3v) is 4.01. The summed E-state index contributed by atoms with van der Waals surface area (Å²) in [6.07, 6.45) is 3.18. The van der Waals surface area contributed by atoms with Gasteiger partial charge >= 0.3 is 0 Å². The van der Waals surface area contributed by atoms with Crippen LogP contribution in [0.2, 0.25) is 0 Å². The van der Waals surface area contributed by atoms with Gasteiger partial charge < -0.3 is 5.32 Å². The minimum absolute atomic E-state index is 0.0669. The van der Waals surface area contributed by atoms with Gasteiger partial charge in [-0.25, -0.2) is 0 Å². The van der Waals surface area contributed by atoms with Crippen molar-refractivity contribution in [2.75, 3.05) is 5.32 Å². The number of hydrogen-bond acceptors (Lipinski definition) is 4. The molecule has 0 aliphatic rings. The zero-order chi connectivity index (χ0) is 15.8. The molecule has 0 aliphatic carbocycles. The van der Waals surface area contributed by atoms with Crippen LogP contribution < -0.4 is 5.32 Å². The molecule has 4 nitrogen and oxygen atoms in total. The fourth-order valence-corrected chi connectivity index (χ4v) is 3.16. The van der Waals surface area contributed by atoms with Crippen molar-refractivity contribution in [2.45, 2.75) is 26.2 Å². The molecule has 0 radical (unpaired) electrons. The number of allylic oxidation sites excluding steroid dienone is 2. The highest BCUT2D eigenvalue weighted by Gasteiger charge is 2.12. The molecule has 6 heteroatoms. The highest BCUT2D eigenvalue weighted by atomic mass is 79.9. The number of nitrogens with zero attached hydrogens (tertiary/aromatic N) is 3. The highest BCUT2D eigenvalue weighted by Crippen LogP contribution is 2.34. The van der Waals surface area contributed by atoms with Gasteiger partial charge in [-0.1, -0.05) is 13.3 Å². The number of anilines is 1. The number of benzene rings is 1. The van der Waals surface area contributed by atoms with Gasteiger partial charge in [-0.05, 0) is 62.4 Å². The van der Waals surface area contributed by atoms with E-state index in [1.165, 1.54) is 5.56 Å². The van der Waals surface area contributed by atoms with E-state index in [9.17, 15) is 0 Å². The van der Waals surface area contributed by atoms with E-state index in [2.05, 4.69) is 44.1 Å². The predicted octanol–water partition coefficient (Wildman–Crippen LogP) is 4.79. The summed E-state index contributed by atoms with van der Waals surface area (Å²) in [6, 6.07) is 9.18. The topological polar surface area (TPSA) is 83.4 Å². The lowest BCUT2D eigenvalue weighted by Crippen LogP contribution is -2.02. The molecule has 0 spiro atoms. The van der Waals surface area contributed by atoms with Gasteiger partial charge in [0.05, 0.1) is 5.69 Å². The van der Waals surface area contributed by atoms with Gasteiger partial charge in [0.1, 0.15) is 23.9 Å². The smallest absolute Gasteiger partial charge is 0.163 e. The average molecular weight is 408 g/mol. The van der Waals surface area contributed by atoms with Crippen molar-refractivity contribution in [1.82, 2.24) is 0 Å². The Morgan fingerprint density at radius 3 is 2.10 bits per heavy atom. The van der Waals surface area contributed by atoms with Gasteiger partial charge in [0.2, 0.25) is 0 Å². The molecule has 1 aromatic rings. The summed E-state index contributed by atoms with van der Waals surface area (Å²) < 4.78 is 1.54. The Morgan fingerprint density at radius 2 is 1.67 bits per heavy atom. The van der Waals surface area contributed by atoms with Gasteiger partial charge in [0.25, 0.3) is 0 Å². The standard InChI is InChI=1S/C15H12Br2N4/c1-2-3-4-10-5-12(16)15(13(17)6-10)21-14(9-20)11(7-18)8-19/h5-6,21H,2-4H2,1H3. The Morgan fingerprint density at radius 1 is 1.10 bits per heavy atom. The van der Waals surface area contributed by atoms with E-state index in [0.29, 0.717) is 5.69 Å². The van der Waals surface area contributed by atoms with E-state index in [-0.39, 0.29) is 11.3 Å². The summed E-state index contributed by atoms with van der Waals surface area (Å²) in [7, 11) is 0. The first kappa shape index (κ1) is 17.2. The van der Waals surface area contributed by atoms with Gasteiger partial charge in [0, 0.05) is 8.95 Å². The van der Waals surface area contributed by atoms with Gasteiger partial charge in [-0.2, -0.15) is 15.8 Å². The molecular weight excluding hydrogens is 396 g/mol. The third-order valence-electron chi connectivity index (χ3n) is 2.76. The van der Waals surface area contributed by atoms with Crippen LogP contribution in [0.4, 0.5) is 5.69 Å². The largest absolute Gasteiger partial charge is 0.343 e. The number of hydrogen-bond donors (Lipinski definition) is 1. The molecule has 0 unspecified atom stereocenters. The second-order valence-corrected chi connectivity index (χ2v) is 5.96. The number of nitriles is 3. The van der Waals surface area contributed by atoms with Crippen molar-refractivity contribution < 1.29 is 0 Å². The lowest BCUT2D eigenvalue weighted by atomic mass is 10.1. The molecule has 0 saturated heterocycles. The predicted molar refractivity (Wildman–Crippen MR) is 87.9 cm³/mol. The van der Waals surface area contributed by atoms with Crippen LogP contribution in [0.25, 0.3) is 0 Å². The molecule has 0 atom stereocenters. The lowest BCUT2D eigenvalue weighted by molar-refractivity contribution is 0.794. The Kier molecular flexibility index (Phi) is 6.96. The number of aryl methyl sites for hydroxylation is 1. The number of nitrogens with one attached hydrogen (secondary N) is 1. The van der Waals surface area contributed by atoms with E-state index < -0.39 is 0 Å². The summed E-state index contributed by atoms with van der Waals surface area (Å²) in [5.41, 5.74) is 1.48. The second-order valence-electron chi connectivity index (χ2n) is 4.25. The van der Waals surface area contributed by atoms with Crippen LogP contribution in [0, 0.1) is 34.0 Å². The monoisotopic (exact) mass is 406 g/mol. The normalized spacial score (nSPS) is 9.14. The number of rotatable bonds is 5. The van der Waals surface area contributed by atoms with E-state index in [0.717, 1.165) is 28.2 Å². The SMILES string of the molecule is CCCCc1cc(Br)c(NC(C#N)=C(C#N)C#N)c(Br)c1. The maximum atomic E-state index is 9.07. The average Bonchev–Trinajstić information content (AvgIpc) is 2.47. The third kappa shape index (κ3) is 4.60. The zero-order valence-electron chi connectivity index (χ0n) is 11.4. The van der Waals surface area contributed by atoms with Gasteiger partial charge in [-0.3, -0.25) is 0 Å². The lowest BCUT2D eigenvalue weighted by Gasteiger charge is -2.12. The number of halogens is 2. The molecule has 21 heavy (non-hydrogen) atoms. The van der Waals surface area contributed by atoms with Crippen LogP contribution in [-0.4, -0.2) is 0 Å². The van der Waals surface area contributed by atoms with Crippen LogP contribution in [0.1, 0.15) is 25.3 Å². The van der Waals surface area contributed by atoms with Crippen molar-refractivity contribution in [3.8, 4) is 18.2 Å². The maximum absolute atomic E-state index is 9.07. The molecule has 1 N–H and O–H groups in total. The van der Waals surface area contributed by atoms with Crippen LogP contribution in [0.15, 0.2) is 32.3 Å². The van der Waals surface area contributed by atoms with Crippen LogP contribution in [0.5, 0.6) is 0 Å². The van der Waals surface area contributed by atoms with Gasteiger partial charge in [0.15, 0.2) is 5.57 Å². The Hall–Kier alpha value is -1.81. The van der Waals surface area contributed by atoms with Crippen LogP contribution in [0.3, 0.4) is 0 Å². The Bertz CT molecular complexity index is 648. The van der Waals surface area contributed by atoms with E-state index >= 15 is 0 Å². The molecule has 0 bridgehead atoms. The van der Waals surface area contributed by atoms with Crippen molar-refractivity contribution in [2.24, 2.45) is 0 Å². The molecule has 0 aromatic heterocycles. The Labute approximate surface area is 140 Å². The summed E-state index contributed by atoms with van der Waals surface area (Å²) in [6.45, 7) is 2.13. The molecule has 1 aromatic carbocycles. The summed E-state index contributed by atoms with van der Waals surface area (Å²) in [4.78, 5) is 0. The van der Waals surface area contributed by atoms with Gasteiger partial charge in [-0.15, -0.1) is 0 Å². The molecule has 0 amide bonds. The summed E-state index contributed by atoms with van der Waals surface area (Å²) in [5, 5.41) is 29.6.